The summed E-state index contributed by atoms with van der Waals surface area (Å²) in [5.74, 6) is 1.42. The van der Waals surface area contributed by atoms with Crippen molar-refractivity contribution in [1.82, 2.24) is 4.98 Å². The second-order valence-corrected chi connectivity index (χ2v) is 4.94. The summed E-state index contributed by atoms with van der Waals surface area (Å²) >= 11 is 0. The zero-order valence-electron chi connectivity index (χ0n) is 13.0. The van der Waals surface area contributed by atoms with E-state index < -0.39 is 0 Å². The Morgan fingerprint density at radius 2 is 1.87 bits per heavy atom. The number of methoxy groups -OCH3 is 2. The largest absolute Gasteiger partial charge is 0.493 e. The first-order chi connectivity index (χ1) is 11.1. The number of ether oxygens (including phenoxy) is 2. The molecule has 0 radical (unpaired) electrons. The lowest BCUT2D eigenvalue weighted by Gasteiger charge is -2.10. The molecular formula is C17H16N2O4. The van der Waals surface area contributed by atoms with Crippen LogP contribution in [0.4, 0.5) is 5.69 Å². The molecule has 23 heavy (non-hydrogen) atoms. The zero-order chi connectivity index (χ0) is 16.4. The van der Waals surface area contributed by atoms with Crippen LogP contribution in [0.25, 0.3) is 11.1 Å². The number of anilines is 1. The average Bonchev–Trinajstić information content (AvgIpc) is 2.93. The Kier molecular flexibility index (Phi) is 3.89. The van der Waals surface area contributed by atoms with E-state index >= 15 is 0 Å². The Labute approximate surface area is 133 Å². The van der Waals surface area contributed by atoms with Crippen molar-refractivity contribution >= 4 is 22.7 Å². The van der Waals surface area contributed by atoms with Crippen LogP contribution >= 0.6 is 0 Å². The normalized spacial score (nSPS) is 10.6. The number of hydrogen-bond acceptors (Lipinski definition) is 5. The van der Waals surface area contributed by atoms with Gasteiger partial charge < -0.3 is 19.2 Å². The lowest BCUT2D eigenvalue weighted by atomic mass is 10.2. The van der Waals surface area contributed by atoms with E-state index in [-0.39, 0.29) is 5.91 Å². The molecule has 1 heterocycles. The molecule has 0 atom stereocenters. The molecule has 118 valence electrons. The number of aryl methyl sites for hydroxylation is 1. The average molecular weight is 312 g/mol. The van der Waals surface area contributed by atoms with Gasteiger partial charge in [-0.3, -0.25) is 4.79 Å². The van der Waals surface area contributed by atoms with Crippen molar-refractivity contribution in [2.45, 2.75) is 6.92 Å². The van der Waals surface area contributed by atoms with Gasteiger partial charge >= 0.3 is 0 Å². The number of oxazole rings is 1. The molecule has 6 heteroatoms. The molecule has 1 aromatic heterocycles. The standard InChI is InChI=1S/C17H16N2O4/c1-10-18-13-9-12(5-7-14(13)23-10)19-17(20)11-4-6-15(21-2)16(8-11)22-3/h4-9H,1-3H3,(H,19,20). The zero-order valence-corrected chi connectivity index (χ0v) is 13.0. The molecule has 0 aliphatic carbocycles. The van der Waals surface area contributed by atoms with E-state index in [0.717, 1.165) is 0 Å². The Hall–Kier alpha value is -3.02. The number of benzene rings is 2. The molecule has 2 aromatic carbocycles. The molecule has 0 aliphatic rings. The van der Waals surface area contributed by atoms with E-state index in [9.17, 15) is 4.79 Å². The van der Waals surface area contributed by atoms with Crippen molar-refractivity contribution in [2.24, 2.45) is 0 Å². The Morgan fingerprint density at radius 1 is 1.09 bits per heavy atom. The highest BCUT2D eigenvalue weighted by atomic mass is 16.5. The van der Waals surface area contributed by atoms with Crippen LogP contribution in [-0.4, -0.2) is 25.1 Å². The van der Waals surface area contributed by atoms with Crippen LogP contribution in [0.5, 0.6) is 11.5 Å². The number of carbonyl (C=O) groups is 1. The van der Waals surface area contributed by atoms with E-state index in [1.165, 1.54) is 7.11 Å². The molecule has 1 amide bonds. The summed E-state index contributed by atoms with van der Waals surface area (Å²) in [6.07, 6.45) is 0. The topological polar surface area (TPSA) is 73.6 Å². The highest BCUT2D eigenvalue weighted by Gasteiger charge is 2.12. The number of amides is 1. The van der Waals surface area contributed by atoms with Gasteiger partial charge in [-0.1, -0.05) is 0 Å². The third-order valence-corrected chi connectivity index (χ3v) is 3.40. The Morgan fingerprint density at radius 3 is 2.61 bits per heavy atom. The summed E-state index contributed by atoms with van der Waals surface area (Å²) in [5, 5.41) is 2.83. The predicted octanol–water partition coefficient (Wildman–Crippen LogP) is 3.41. The molecular weight excluding hydrogens is 296 g/mol. The fourth-order valence-electron chi connectivity index (χ4n) is 2.30. The highest BCUT2D eigenvalue weighted by Crippen LogP contribution is 2.28. The maximum Gasteiger partial charge on any atom is 0.255 e. The third kappa shape index (κ3) is 2.96. The number of fused-ring (bicyclic) bond motifs is 1. The third-order valence-electron chi connectivity index (χ3n) is 3.40. The first kappa shape index (κ1) is 14.9. The number of carbonyl (C=O) groups excluding carboxylic acids is 1. The molecule has 3 aromatic rings. The Balaban J connectivity index is 1.85. The van der Waals surface area contributed by atoms with Gasteiger partial charge in [0.15, 0.2) is 23.0 Å². The molecule has 0 saturated heterocycles. The van der Waals surface area contributed by atoms with Crippen LogP contribution in [-0.2, 0) is 0 Å². The highest BCUT2D eigenvalue weighted by molar-refractivity contribution is 6.05. The summed E-state index contributed by atoms with van der Waals surface area (Å²) in [6, 6.07) is 10.3. The van der Waals surface area contributed by atoms with Crippen molar-refractivity contribution in [3.8, 4) is 11.5 Å². The fourth-order valence-corrected chi connectivity index (χ4v) is 2.30. The summed E-state index contributed by atoms with van der Waals surface area (Å²) < 4.78 is 15.8. The van der Waals surface area contributed by atoms with Crippen LogP contribution in [0.2, 0.25) is 0 Å². The molecule has 6 nitrogen and oxygen atoms in total. The van der Waals surface area contributed by atoms with Crippen LogP contribution in [0.3, 0.4) is 0 Å². The predicted molar refractivity (Wildman–Crippen MR) is 86.2 cm³/mol. The van der Waals surface area contributed by atoms with Crippen molar-refractivity contribution in [1.29, 1.82) is 0 Å². The van der Waals surface area contributed by atoms with E-state index in [2.05, 4.69) is 10.3 Å². The first-order valence-electron chi connectivity index (χ1n) is 7.01. The van der Waals surface area contributed by atoms with Crippen molar-refractivity contribution in [2.75, 3.05) is 19.5 Å². The smallest absolute Gasteiger partial charge is 0.255 e. The monoisotopic (exact) mass is 312 g/mol. The van der Waals surface area contributed by atoms with Crippen LogP contribution in [0.1, 0.15) is 16.2 Å². The maximum atomic E-state index is 12.4. The number of nitrogens with one attached hydrogen (secondary N) is 1. The van der Waals surface area contributed by atoms with E-state index in [1.54, 1.807) is 50.4 Å². The Bertz CT molecular complexity index is 870. The van der Waals surface area contributed by atoms with Gasteiger partial charge in [0, 0.05) is 18.2 Å². The minimum atomic E-state index is -0.245. The SMILES string of the molecule is COc1ccc(C(=O)Nc2ccc3oc(C)nc3c2)cc1OC. The molecule has 0 unspecified atom stereocenters. The van der Waals surface area contributed by atoms with Gasteiger partial charge in [0.25, 0.3) is 5.91 Å². The molecule has 0 aliphatic heterocycles. The van der Waals surface area contributed by atoms with Crippen LogP contribution in [0.15, 0.2) is 40.8 Å². The van der Waals surface area contributed by atoms with Gasteiger partial charge in [-0.05, 0) is 36.4 Å². The van der Waals surface area contributed by atoms with E-state index in [1.807, 2.05) is 0 Å². The van der Waals surface area contributed by atoms with Crippen LogP contribution in [0, 0.1) is 6.92 Å². The van der Waals surface area contributed by atoms with Gasteiger partial charge in [-0.2, -0.15) is 0 Å². The summed E-state index contributed by atoms with van der Waals surface area (Å²) in [4.78, 5) is 16.6. The summed E-state index contributed by atoms with van der Waals surface area (Å²) in [7, 11) is 3.08. The number of hydrogen-bond donors (Lipinski definition) is 1. The van der Waals surface area contributed by atoms with E-state index in [4.69, 9.17) is 13.9 Å². The molecule has 0 bridgehead atoms. The molecule has 3 rings (SSSR count). The van der Waals surface area contributed by atoms with Crippen molar-refractivity contribution in [3.05, 3.63) is 47.9 Å². The lowest BCUT2D eigenvalue weighted by Crippen LogP contribution is -2.12. The van der Waals surface area contributed by atoms with Gasteiger partial charge in [0.1, 0.15) is 5.52 Å². The molecule has 0 saturated carbocycles. The first-order valence-corrected chi connectivity index (χ1v) is 7.01. The summed E-state index contributed by atoms with van der Waals surface area (Å²) in [6.45, 7) is 1.78. The maximum absolute atomic E-state index is 12.4. The minimum Gasteiger partial charge on any atom is -0.493 e. The van der Waals surface area contributed by atoms with Crippen molar-refractivity contribution < 1.29 is 18.7 Å². The van der Waals surface area contributed by atoms with Crippen LogP contribution < -0.4 is 14.8 Å². The van der Waals surface area contributed by atoms with Gasteiger partial charge in [0.05, 0.1) is 14.2 Å². The number of rotatable bonds is 4. The quantitative estimate of drug-likeness (QED) is 0.799. The summed E-state index contributed by atoms with van der Waals surface area (Å²) in [5.41, 5.74) is 2.50. The van der Waals surface area contributed by atoms with Crippen molar-refractivity contribution in [3.63, 3.8) is 0 Å². The van der Waals surface area contributed by atoms with E-state index in [0.29, 0.717) is 39.7 Å². The minimum absolute atomic E-state index is 0.245. The fraction of sp³-hybridized carbons (Fsp3) is 0.176. The van der Waals surface area contributed by atoms with Gasteiger partial charge in [-0.25, -0.2) is 4.98 Å². The molecule has 1 N–H and O–H groups in total. The molecule has 0 spiro atoms. The van der Waals surface area contributed by atoms with Gasteiger partial charge in [-0.15, -0.1) is 0 Å². The molecule has 0 fully saturated rings. The second kappa shape index (κ2) is 6.00. The number of nitrogens with zero attached hydrogens (tertiary/aromatic N) is 1. The second-order valence-electron chi connectivity index (χ2n) is 4.94. The number of aromatic nitrogens is 1. The lowest BCUT2D eigenvalue weighted by molar-refractivity contribution is 0.102. The van der Waals surface area contributed by atoms with Gasteiger partial charge in [0.2, 0.25) is 0 Å².